The molecule has 0 spiro atoms. The first-order valence-electron chi connectivity index (χ1n) is 10.5. The Morgan fingerprint density at radius 3 is 2.17 bits per heavy atom. The third kappa shape index (κ3) is 3.54. The second kappa shape index (κ2) is 7.86. The average Bonchev–Trinajstić information content (AvgIpc) is 3.46. The lowest BCUT2D eigenvalue weighted by molar-refractivity contribution is 0.129. The van der Waals surface area contributed by atoms with Gasteiger partial charge in [0.05, 0.1) is 7.11 Å². The Kier molecular flexibility index (Phi) is 4.91. The molecule has 1 amide bonds. The molecular weight excluding hydrogens is 374 g/mol. The van der Waals surface area contributed by atoms with Gasteiger partial charge in [-0.25, -0.2) is 4.79 Å². The van der Waals surface area contributed by atoms with Crippen LogP contribution in [0.3, 0.4) is 0 Å². The quantitative estimate of drug-likeness (QED) is 0.545. The van der Waals surface area contributed by atoms with Gasteiger partial charge in [0.25, 0.3) is 0 Å². The Labute approximate surface area is 177 Å². The summed E-state index contributed by atoms with van der Waals surface area (Å²) in [6.45, 7) is 0. The van der Waals surface area contributed by atoms with Crippen LogP contribution in [0.4, 0.5) is 4.79 Å². The number of nitrogens with zero attached hydrogens (tertiary/aromatic N) is 1. The lowest BCUT2D eigenvalue weighted by Crippen LogP contribution is -2.31. The molecule has 1 heterocycles. The van der Waals surface area contributed by atoms with Gasteiger partial charge in [-0.2, -0.15) is 0 Å². The molecule has 152 valence electrons. The Morgan fingerprint density at radius 2 is 1.53 bits per heavy atom. The van der Waals surface area contributed by atoms with Crippen LogP contribution in [0.1, 0.15) is 35.3 Å². The largest absolute Gasteiger partial charge is 0.497 e. The number of ether oxygens (including phenoxy) is 2. The number of carbonyl (C=O) groups excluding carboxylic acids is 1. The van der Waals surface area contributed by atoms with Gasteiger partial charge in [-0.1, -0.05) is 72.8 Å². The summed E-state index contributed by atoms with van der Waals surface area (Å²) in [5.41, 5.74) is 3.42. The number of cyclic esters (lactones) is 1. The molecule has 1 saturated heterocycles. The molecule has 1 aliphatic heterocycles. The monoisotopic (exact) mass is 399 g/mol. The molecule has 0 N–H and O–H groups in total. The van der Waals surface area contributed by atoms with Crippen LogP contribution in [0, 0.1) is 5.92 Å². The molecule has 0 radical (unpaired) electrons. The highest BCUT2D eigenvalue weighted by atomic mass is 16.6. The van der Waals surface area contributed by atoms with Crippen molar-refractivity contribution in [1.29, 1.82) is 0 Å². The summed E-state index contributed by atoms with van der Waals surface area (Å²) >= 11 is 0. The molecule has 0 unspecified atom stereocenters. The molecule has 5 rings (SSSR count). The molecule has 0 aromatic heterocycles. The highest BCUT2D eigenvalue weighted by Crippen LogP contribution is 2.51. The van der Waals surface area contributed by atoms with Crippen LogP contribution in [0.5, 0.6) is 5.75 Å². The second-order valence-corrected chi connectivity index (χ2v) is 8.09. The van der Waals surface area contributed by atoms with Crippen LogP contribution >= 0.6 is 0 Å². The van der Waals surface area contributed by atoms with E-state index in [-0.39, 0.29) is 24.3 Å². The van der Waals surface area contributed by atoms with Gasteiger partial charge < -0.3 is 9.47 Å². The number of carbonyl (C=O) groups is 1. The number of hydrogen-bond donors (Lipinski definition) is 0. The first-order valence-corrected chi connectivity index (χ1v) is 10.5. The number of benzene rings is 3. The Balaban J connectivity index is 1.40. The zero-order valence-corrected chi connectivity index (χ0v) is 17.0. The van der Waals surface area contributed by atoms with Crippen molar-refractivity contribution < 1.29 is 14.3 Å². The van der Waals surface area contributed by atoms with Crippen molar-refractivity contribution in [2.75, 3.05) is 7.11 Å². The predicted octanol–water partition coefficient (Wildman–Crippen LogP) is 5.56. The topological polar surface area (TPSA) is 38.8 Å². The minimum Gasteiger partial charge on any atom is -0.497 e. The fraction of sp³-hybridized carbons (Fsp3) is 0.269. The number of rotatable bonds is 6. The minimum atomic E-state index is -0.289. The Bertz CT molecular complexity index is 1000. The summed E-state index contributed by atoms with van der Waals surface area (Å²) < 4.78 is 11.2. The molecule has 3 aromatic rings. The van der Waals surface area contributed by atoms with Crippen LogP contribution < -0.4 is 4.74 Å². The van der Waals surface area contributed by atoms with Gasteiger partial charge in [-0.3, -0.25) is 4.90 Å². The van der Waals surface area contributed by atoms with E-state index < -0.39 is 0 Å². The minimum absolute atomic E-state index is 0.105. The summed E-state index contributed by atoms with van der Waals surface area (Å²) in [7, 11) is 1.68. The van der Waals surface area contributed by atoms with E-state index in [9.17, 15) is 4.79 Å². The van der Waals surface area contributed by atoms with Gasteiger partial charge in [-0.05, 0) is 47.6 Å². The molecule has 4 nitrogen and oxygen atoms in total. The van der Waals surface area contributed by atoms with Crippen molar-refractivity contribution in [2.24, 2.45) is 5.92 Å². The van der Waals surface area contributed by atoms with Gasteiger partial charge >= 0.3 is 6.09 Å². The van der Waals surface area contributed by atoms with Crippen molar-refractivity contribution in [3.05, 3.63) is 102 Å². The smallest absolute Gasteiger partial charge is 0.411 e. The van der Waals surface area contributed by atoms with E-state index in [1.165, 1.54) is 5.56 Å². The summed E-state index contributed by atoms with van der Waals surface area (Å²) in [5, 5.41) is 0. The van der Waals surface area contributed by atoms with Crippen molar-refractivity contribution in [3.8, 4) is 5.75 Å². The van der Waals surface area contributed by atoms with E-state index in [2.05, 4.69) is 24.3 Å². The molecule has 2 aliphatic rings. The second-order valence-electron chi connectivity index (χ2n) is 8.09. The molecule has 30 heavy (non-hydrogen) atoms. The Morgan fingerprint density at radius 1 is 0.900 bits per heavy atom. The molecule has 2 fully saturated rings. The first-order chi connectivity index (χ1) is 14.7. The van der Waals surface area contributed by atoms with Crippen molar-refractivity contribution >= 4 is 6.09 Å². The van der Waals surface area contributed by atoms with Gasteiger partial charge in [0.1, 0.15) is 11.8 Å². The summed E-state index contributed by atoms with van der Waals surface area (Å²) in [6, 6.07) is 28.6. The van der Waals surface area contributed by atoms with Crippen LogP contribution in [-0.2, 0) is 11.2 Å². The van der Waals surface area contributed by atoms with Crippen LogP contribution in [-0.4, -0.2) is 24.1 Å². The van der Waals surface area contributed by atoms with Crippen LogP contribution in [0.2, 0.25) is 0 Å². The zero-order chi connectivity index (χ0) is 20.5. The molecule has 4 heteroatoms. The van der Waals surface area contributed by atoms with E-state index in [0.29, 0.717) is 5.92 Å². The first kappa shape index (κ1) is 18.7. The molecule has 4 atom stereocenters. The summed E-state index contributed by atoms with van der Waals surface area (Å²) in [6.07, 6.45) is 1.46. The predicted molar refractivity (Wildman–Crippen MR) is 115 cm³/mol. The maximum Gasteiger partial charge on any atom is 0.411 e. The third-order valence-corrected chi connectivity index (χ3v) is 6.19. The van der Waals surface area contributed by atoms with Crippen LogP contribution in [0.25, 0.3) is 0 Å². The van der Waals surface area contributed by atoms with Gasteiger partial charge in [0.2, 0.25) is 0 Å². The summed E-state index contributed by atoms with van der Waals surface area (Å²) in [4.78, 5) is 15.0. The van der Waals surface area contributed by atoms with Gasteiger partial charge in [0, 0.05) is 6.04 Å². The maximum absolute atomic E-state index is 13.0. The fourth-order valence-electron chi connectivity index (χ4n) is 4.57. The lowest BCUT2D eigenvalue weighted by Gasteiger charge is -2.26. The Hall–Kier alpha value is -3.27. The highest BCUT2D eigenvalue weighted by Gasteiger charge is 2.54. The average molecular weight is 399 g/mol. The van der Waals surface area contributed by atoms with Crippen LogP contribution in [0.15, 0.2) is 84.9 Å². The van der Waals surface area contributed by atoms with E-state index >= 15 is 0 Å². The lowest BCUT2D eigenvalue weighted by atomic mass is 9.95. The standard InChI is InChI=1S/C26H25NO3/c1-29-22-14-12-18(13-15-22)16-21-17-23(21)27-24(19-8-4-2-5-9-19)25(30-26(27)28)20-10-6-3-7-11-20/h2-15,21,23-25H,16-17H2,1H3/t21-,23-,24+,25-/m0/s1. The number of hydrogen-bond acceptors (Lipinski definition) is 3. The molecule has 0 bridgehead atoms. The van der Waals surface area contributed by atoms with E-state index in [1.807, 2.05) is 65.6 Å². The molecule has 1 saturated carbocycles. The molecular formula is C26H25NO3. The molecule has 3 aromatic carbocycles. The fourth-order valence-corrected chi connectivity index (χ4v) is 4.57. The normalized spacial score (nSPS) is 25.1. The number of amides is 1. The van der Waals surface area contributed by atoms with Gasteiger partial charge in [0.15, 0.2) is 6.10 Å². The van der Waals surface area contributed by atoms with Gasteiger partial charge in [-0.15, -0.1) is 0 Å². The van der Waals surface area contributed by atoms with Crippen molar-refractivity contribution in [3.63, 3.8) is 0 Å². The van der Waals surface area contributed by atoms with E-state index in [1.54, 1.807) is 7.11 Å². The van der Waals surface area contributed by atoms with Crippen molar-refractivity contribution in [2.45, 2.75) is 31.0 Å². The maximum atomic E-state index is 13.0. The SMILES string of the molecule is COc1ccc(C[C@H]2C[C@@H]2N2C(=O)O[C@@H](c3ccccc3)[C@H]2c2ccccc2)cc1. The van der Waals surface area contributed by atoms with Crippen molar-refractivity contribution in [1.82, 2.24) is 4.90 Å². The summed E-state index contributed by atoms with van der Waals surface area (Å²) in [5.74, 6) is 1.32. The van der Waals surface area contributed by atoms with E-state index in [0.717, 1.165) is 29.7 Å². The third-order valence-electron chi connectivity index (χ3n) is 6.19. The molecule has 1 aliphatic carbocycles. The zero-order valence-electron chi connectivity index (χ0n) is 17.0. The number of methoxy groups -OCH3 is 1. The van der Waals surface area contributed by atoms with E-state index in [4.69, 9.17) is 9.47 Å². The highest BCUT2D eigenvalue weighted by molar-refractivity contribution is 5.72.